The molecule has 1 heterocycles. The van der Waals surface area contributed by atoms with Gasteiger partial charge in [-0.1, -0.05) is 28.1 Å². The highest BCUT2D eigenvalue weighted by Gasteiger charge is 2.46. The second-order valence-corrected chi connectivity index (χ2v) is 5.68. The molecule has 1 aliphatic heterocycles. The molecular formula is C13H17BrN2O2. The van der Waals surface area contributed by atoms with Crippen LogP contribution in [-0.4, -0.2) is 37.6 Å². The van der Waals surface area contributed by atoms with Gasteiger partial charge >= 0.3 is 0 Å². The molecule has 2 N–H and O–H groups in total. The van der Waals surface area contributed by atoms with E-state index in [1.165, 1.54) is 0 Å². The van der Waals surface area contributed by atoms with Crippen LogP contribution in [0, 0.1) is 5.41 Å². The quantitative estimate of drug-likeness (QED) is 0.914. The van der Waals surface area contributed by atoms with E-state index in [9.17, 15) is 4.79 Å². The summed E-state index contributed by atoms with van der Waals surface area (Å²) in [7, 11) is 1.81. The summed E-state index contributed by atoms with van der Waals surface area (Å²) in [5.74, 6) is 0.0687. The molecule has 0 atom stereocenters. The first-order valence-corrected chi connectivity index (χ1v) is 6.64. The summed E-state index contributed by atoms with van der Waals surface area (Å²) in [5, 5.41) is 0. The zero-order valence-electron chi connectivity index (χ0n) is 10.4. The molecule has 1 saturated heterocycles. The van der Waals surface area contributed by atoms with Gasteiger partial charge in [0.1, 0.15) is 5.41 Å². The maximum Gasteiger partial charge on any atom is 0.234 e. The normalized spacial score (nSPS) is 17.1. The van der Waals surface area contributed by atoms with Crippen LogP contribution in [0.1, 0.15) is 5.56 Å². The van der Waals surface area contributed by atoms with Crippen LogP contribution in [0.2, 0.25) is 0 Å². The molecule has 0 saturated carbocycles. The highest BCUT2D eigenvalue weighted by Crippen LogP contribution is 2.28. The molecule has 1 aromatic rings. The number of carbonyl (C=O) groups is 1. The fourth-order valence-corrected chi connectivity index (χ4v) is 2.28. The van der Waals surface area contributed by atoms with E-state index in [1.54, 1.807) is 11.9 Å². The van der Waals surface area contributed by atoms with Crippen molar-refractivity contribution in [3.8, 4) is 0 Å². The standard InChI is InChI=1S/C13H17BrN2O2/c1-16(6-10-2-4-11(14)5-3-10)12(17)13(7-15)8-18-9-13/h2-5H,6-9,15H2,1H3. The molecule has 1 amide bonds. The van der Waals surface area contributed by atoms with E-state index >= 15 is 0 Å². The van der Waals surface area contributed by atoms with E-state index in [4.69, 9.17) is 10.5 Å². The molecule has 98 valence electrons. The molecule has 0 aliphatic carbocycles. The van der Waals surface area contributed by atoms with Crippen molar-refractivity contribution < 1.29 is 9.53 Å². The van der Waals surface area contributed by atoms with E-state index < -0.39 is 5.41 Å². The number of benzene rings is 1. The lowest BCUT2D eigenvalue weighted by atomic mass is 9.84. The summed E-state index contributed by atoms with van der Waals surface area (Å²) >= 11 is 3.39. The Labute approximate surface area is 115 Å². The maximum atomic E-state index is 12.3. The van der Waals surface area contributed by atoms with E-state index in [2.05, 4.69) is 15.9 Å². The summed E-state index contributed by atoms with van der Waals surface area (Å²) in [6.45, 7) is 1.81. The molecule has 0 spiro atoms. The number of hydrogen-bond donors (Lipinski definition) is 1. The summed E-state index contributed by atoms with van der Waals surface area (Å²) in [6.07, 6.45) is 0. The molecule has 1 fully saturated rings. The minimum absolute atomic E-state index is 0.0687. The molecule has 2 rings (SSSR count). The number of amides is 1. The Bertz CT molecular complexity index is 424. The summed E-state index contributed by atoms with van der Waals surface area (Å²) in [5.41, 5.74) is 6.29. The predicted octanol–water partition coefficient (Wildman–Crippen LogP) is 1.38. The third kappa shape index (κ3) is 2.58. The Morgan fingerprint density at radius 1 is 1.44 bits per heavy atom. The number of ether oxygens (including phenoxy) is 1. The minimum Gasteiger partial charge on any atom is -0.379 e. The fraction of sp³-hybridized carbons (Fsp3) is 0.462. The van der Waals surface area contributed by atoms with Gasteiger partial charge in [-0.2, -0.15) is 0 Å². The van der Waals surface area contributed by atoms with Crippen LogP contribution in [0.15, 0.2) is 28.7 Å². The Balaban J connectivity index is 2.01. The molecule has 1 aromatic carbocycles. The highest BCUT2D eigenvalue weighted by molar-refractivity contribution is 9.10. The largest absolute Gasteiger partial charge is 0.379 e. The van der Waals surface area contributed by atoms with Crippen LogP contribution in [0.5, 0.6) is 0 Å². The van der Waals surface area contributed by atoms with Gasteiger partial charge in [0.15, 0.2) is 0 Å². The van der Waals surface area contributed by atoms with Gasteiger partial charge in [0.05, 0.1) is 13.2 Å². The molecule has 5 heteroatoms. The van der Waals surface area contributed by atoms with E-state index in [1.807, 2.05) is 24.3 Å². The van der Waals surface area contributed by atoms with Crippen molar-refractivity contribution in [3.05, 3.63) is 34.3 Å². The van der Waals surface area contributed by atoms with Crippen molar-refractivity contribution >= 4 is 21.8 Å². The fourth-order valence-electron chi connectivity index (χ4n) is 2.02. The van der Waals surface area contributed by atoms with Crippen molar-refractivity contribution in [1.29, 1.82) is 0 Å². The zero-order chi connectivity index (χ0) is 13.2. The van der Waals surface area contributed by atoms with Gasteiger partial charge in [0, 0.05) is 24.6 Å². The van der Waals surface area contributed by atoms with E-state index in [0.717, 1.165) is 10.0 Å². The Hall–Kier alpha value is -0.910. The van der Waals surface area contributed by atoms with Crippen LogP contribution >= 0.6 is 15.9 Å². The highest BCUT2D eigenvalue weighted by atomic mass is 79.9. The van der Waals surface area contributed by atoms with Crippen molar-refractivity contribution in [2.24, 2.45) is 11.1 Å². The molecule has 1 aliphatic rings. The lowest BCUT2D eigenvalue weighted by Crippen LogP contribution is -2.58. The second kappa shape index (κ2) is 5.38. The van der Waals surface area contributed by atoms with Crippen LogP contribution in [0.25, 0.3) is 0 Å². The predicted molar refractivity (Wildman–Crippen MR) is 72.9 cm³/mol. The first kappa shape index (κ1) is 13.5. The van der Waals surface area contributed by atoms with Crippen molar-refractivity contribution in [3.63, 3.8) is 0 Å². The molecular weight excluding hydrogens is 296 g/mol. The maximum absolute atomic E-state index is 12.3. The topological polar surface area (TPSA) is 55.6 Å². The monoisotopic (exact) mass is 312 g/mol. The van der Waals surface area contributed by atoms with Gasteiger partial charge < -0.3 is 15.4 Å². The zero-order valence-corrected chi connectivity index (χ0v) is 11.9. The molecule has 0 radical (unpaired) electrons. The molecule has 0 aromatic heterocycles. The molecule has 0 unspecified atom stereocenters. The third-order valence-electron chi connectivity index (χ3n) is 3.28. The first-order valence-electron chi connectivity index (χ1n) is 5.85. The van der Waals surface area contributed by atoms with Gasteiger partial charge in [-0.05, 0) is 17.7 Å². The van der Waals surface area contributed by atoms with Crippen LogP contribution in [0.4, 0.5) is 0 Å². The molecule has 18 heavy (non-hydrogen) atoms. The van der Waals surface area contributed by atoms with Crippen molar-refractivity contribution in [2.45, 2.75) is 6.54 Å². The van der Waals surface area contributed by atoms with E-state index in [0.29, 0.717) is 26.3 Å². The summed E-state index contributed by atoms with van der Waals surface area (Å²) < 4.78 is 6.17. The number of carbonyl (C=O) groups excluding carboxylic acids is 1. The van der Waals surface area contributed by atoms with Gasteiger partial charge in [-0.15, -0.1) is 0 Å². The Morgan fingerprint density at radius 2 is 2.06 bits per heavy atom. The average molecular weight is 313 g/mol. The van der Waals surface area contributed by atoms with Crippen LogP contribution in [-0.2, 0) is 16.1 Å². The van der Waals surface area contributed by atoms with Crippen molar-refractivity contribution in [2.75, 3.05) is 26.8 Å². The summed E-state index contributed by atoms with van der Waals surface area (Å²) in [4.78, 5) is 14.0. The van der Waals surface area contributed by atoms with Crippen molar-refractivity contribution in [1.82, 2.24) is 4.90 Å². The lowest BCUT2D eigenvalue weighted by molar-refractivity contribution is -0.169. The number of halogens is 1. The average Bonchev–Trinajstić information content (AvgIpc) is 2.31. The third-order valence-corrected chi connectivity index (χ3v) is 3.81. The number of rotatable bonds is 4. The SMILES string of the molecule is CN(Cc1ccc(Br)cc1)C(=O)C1(CN)COC1. The Kier molecular flexibility index (Phi) is 4.04. The number of nitrogens with zero attached hydrogens (tertiary/aromatic N) is 1. The van der Waals surface area contributed by atoms with Gasteiger partial charge in [0.2, 0.25) is 5.91 Å². The molecule has 0 bridgehead atoms. The summed E-state index contributed by atoms with van der Waals surface area (Å²) in [6, 6.07) is 7.94. The van der Waals surface area contributed by atoms with Gasteiger partial charge in [-0.3, -0.25) is 4.79 Å². The smallest absolute Gasteiger partial charge is 0.234 e. The first-order chi connectivity index (χ1) is 8.57. The van der Waals surface area contributed by atoms with Crippen LogP contribution in [0.3, 0.4) is 0 Å². The van der Waals surface area contributed by atoms with E-state index in [-0.39, 0.29) is 5.91 Å². The number of nitrogens with two attached hydrogens (primary N) is 1. The minimum atomic E-state index is -0.496. The molecule has 4 nitrogen and oxygen atoms in total. The lowest BCUT2D eigenvalue weighted by Gasteiger charge is -2.41. The van der Waals surface area contributed by atoms with Crippen LogP contribution < -0.4 is 5.73 Å². The second-order valence-electron chi connectivity index (χ2n) is 4.76. The Morgan fingerprint density at radius 3 is 2.50 bits per heavy atom. The van der Waals surface area contributed by atoms with Gasteiger partial charge in [-0.25, -0.2) is 0 Å². The van der Waals surface area contributed by atoms with Gasteiger partial charge in [0.25, 0.3) is 0 Å². The number of hydrogen-bond acceptors (Lipinski definition) is 3.